The standard InChI is InChI=1S/C33H68O2Si/c1-5-8-10-12-14-16-18-20-21-23-25-27-29-31-33-35-36(4,7-3)34-32-30-28-26-24-22-19-17-15-13-11-9-6-2/h7H,3,5-6,8-33H2,1-2,4H3. The van der Waals surface area contributed by atoms with Crippen LogP contribution in [0.3, 0.4) is 0 Å². The highest BCUT2D eigenvalue weighted by Gasteiger charge is 2.26. The van der Waals surface area contributed by atoms with Crippen LogP contribution in [0.25, 0.3) is 0 Å². The highest BCUT2D eigenvalue weighted by molar-refractivity contribution is 6.71. The second-order valence-electron chi connectivity index (χ2n) is 11.4. The molecule has 3 heteroatoms. The van der Waals surface area contributed by atoms with Gasteiger partial charge in [-0.3, -0.25) is 0 Å². The van der Waals surface area contributed by atoms with E-state index in [1.807, 2.05) is 5.70 Å². The van der Waals surface area contributed by atoms with Gasteiger partial charge < -0.3 is 8.85 Å². The minimum atomic E-state index is -2.16. The summed E-state index contributed by atoms with van der Waals surface area (Å²) in [5.74, 6) is 0. The van der Waals surface area contributed by atoms with Crippen molar-refractivity contribution in [2.45, 2.75) is 187 Å². The van der Waals surface area contributed by atoms with Gasteiger partial charge in [-0.1, -0.05) is 168 Å². The minimum absolute atomic E-state index is 0.838. The Kier molecular flexibility index (Phi) is 29.3. The molecule has 0 N–H and O–H groups in total. The molecule has 2 nitrogen and oxygen atoms in total. The van der Waals surface area contributed by atoms with Crippen molar-refractivity contribution >= 4 is 8.56 Å². The largest absolute Gasteiger partial charge is 0.391 e. The zero-order chi connectivity index (χ0) is 26.4. The van der Waals surface area contributed by atoms with Gasteiger partial charge in [-0.15, -0.1) is 6.58 Å². The van der Waals surface area contributed by atoms with Gasteiger partial charge >= 0.3 is 8.56 Å². The molecule has 0 aromatic heterocycles. The molecule has 0 saturated carbocycles. The average molecular weight is 525 g/mol. The quantitative estimate of drug-likeness (QED) is 0.0663. The highest BCUT2D eigenvalue weighted by atomic mass is 28.4. The molecule has 0 amide bonds. The maximum atomic E-state index is 6.19. The van der Waals surface area contributed by atoms with Crippen LogP contribution in [0.4, 0.5) is 0 Å². The summed E-state index contributed by atoms with van der Waals surface area (Å²) in [6.45, 7) is 12.4. The summed E-state index contributed by atoms with van der Waals surface area (Å²) in [6, 6.07) is 0. The van der Waals surface area contributed by atoms with Gasteiger partial charge in [0.1, 0.15) is 0 Å². The van der Waals surface area contributed by atoms with Crippen LogP contribution in [0.1, 0.15) is 181 Å². The molecule has 0 spiro atoms. The molecule has 0 fully saturated rings. The topological polar surface area (TPSA) is 18.5 Å². The van der Waals surface area contributed by atoms with E-state index in [4.69, 9.17) is 8.85 Å². The molecule has 0 heterocycles. The summed E-state index contributed by atoms with van der Waals surface area (Å²) in [6.07, 6.45) is 36.1. The minimum Gasteiger partial charge on any atom is -0.391 e. The van der Waals surface area contributed by atoms with Gasteiger partial charge in [-0.25, -0.2) is 0 Å². The summed E-state index contributed by atoms with van der Waals surface area (Å²) in [4.78, 5) is 0. The van der Waals surface area contributed by atoms with Crippen LogP contribution < -0.4 is 0 Å². The summed E-state index contributed by atoms with van der Waals surface area (Å²) in [7, 11) is -2.16. The van der Waals surface area contributed by atoms with Gasteiger partial charge in [0.2, 0.25) is 0 Å². The molecular formula is C33H68O2Si. The Hall–Kier alpha value is -0.123. The van der Waals surface area contributed by atoms with Gasteiger partial charge in [0.25, 0.3) is 0 Å². The van der Waals surface area contributed by atoms with E-state index in [0.29, 0.717) is 0 Å². The third kappa shape index (κ3) is 26.9. The van der Waals surface area contributed by atoms with Crippen molar-refractivity contribution in [2.24, 2.45) is 0 Å². The Morgan fingerprint density at radius 2 is 0.639 bits per heavy atom. The second-order valence-corrected chi connectivity index (χ2v) is 14.4. The van der Waals surface area contributed by atoms with Gasteiger partial charge in [0.05, 0.1) is 0 Å². The third-order valence-electron chi connectivity index (χ3n) is 7.64. The van der Waals surface area contributed by atoms with E-state index in [-0.39, 0.29) is 0 Å². The first-order valence-corrected chi connectivity index (χ1v) is 19.0. The summed E-state index contributed by atoms with van der Waals surface area (Å²) >= 11 is 0. The molecule has 0 aromatic carbocycles. The van der Waals surface area contributed by atoms with E-state index in [0.717, 1.165) is 26.1 Å². The number of hydrogen-bond acceptors (Lipinski definition) is 2. The first kappa shape index (κ1) is 35.9. The maximum Gasteiger partial charge on any atom is 0.361 e. The predicted molar refractivity (Wildman–Crippen MR) is 165 cm³/mol. The van der Waals surface area contributed by atoms with Gasteiger partial charge in [0.15, 0.2) is 0 Å². The smallest absolute Gasteiger partial charge is 0.361 e. The third-order valence-corrected chi connectivity index (χ3v) is 9.94. The van der Waals surface area contributed by atoms with Crippen molar-refractivity contribution in [3.05, 3.63) is 12.3 Å². The fourth-order valence-corrected chi connectivity index (χ4v) is 6.37. The molecular weight excluding hydrogens is 456 g/mol. The van der Waals surface area contributed by atoms with Crippen LogP contribution in [-0.2, 0) is 8.85 Å². The Morgan fingerprint density at radius 1 is 0.417 bits per heavy atom. The Labute approximate surface area is 230 Å². The van der Waals surface area contributed by atoms with Crippen molar-refractivity contribution in [1.29, 1.82) is 0 Å². The van der Waals surface area contributed by atoms with E-state index < -0.39 is 8.56 Å². The van der Waals surface area contributed by atoms with Crippen molar-refractivity contribution in [3.8, 4) is 0 Å². The first-order valence-electron chi connectivity index (χ1n) is 16.6. The number of unbranched alkanes of at least 4 members (excludes halogenated alkanes) is 24. The predicted octanol–water partition coefficient (Wildman–Crippen LogP) is 12.0. The molecule has 216 valence electrons. The maximum absolute atomic E-state index is 6.19. The monoisotopic (exact) mass is 524 g/mol. The molecule has 0 saturated heterocycles. The lowest BCUT2D eigenvalue weighted by Gasteiger charge is -2.23. The first-order chi connectivity index (χ1) is 17.7. The Morgan fingerprint density at radius 3 is 0.861 bits per heavy atom. The molecule has 1 unspecified atom stereocenters. The van der Waals surface area contributed by atoms with Crippen LogP contribution in [-0.4, -0.2) is 21.8 Å². The lowest BCUT2D eigenvalue weighted by atomic mass is 10.0. The van der Waals surface area contributed by atoms with Crippen molar-refractivity contribution < 1.29 is 8.85 Å². The molecule has 0 aliphatic rings. The summed E-state index contributed by atoms with van der Waals surface area (Å²) in [5, 5.41) is 0. The van der Waals surface area contributed by atoms with E-state index in [2.05, 4.69) is 27.0 Å². The van der Waals surface area contributed by atoms with Crippen molar-refractivity contribution in [3.63, 3.8) is 0 Å². The van der Waals surface area contributed by atoms with Crippen LogP contribution in [0.15, 0.2) is 12.3 Å². The molecule has 0 radical (unpaired) electrons. The second kappa shape index (κ2) is 29.4. The lowest BCUT2D eigenvalue weighted by molar-refractivity contribution is 0.177. The molecule has 0 rings (SSSR count). The van der Waals surface area contributed by atoms with E-state index in [9.17, 15) is 0 Å². The summed E-state index contributed by atoms with van der Waals surface area (Å²) < 4.78 is 12.4. The van der Waals surface area contributed by atoms with Gasteiger partial charge in [-0.05, 0) is 25.1 Å². The van der Waals surface area contributed by atoms with Crippen LogP contribution in [0, 0.1) is 0 Å². The zero-order valence-corrected chi connectivity index (χ0v) is 26.4. The van der Waals surface area contributed by atoms with E-state index in [1.165, 1.54) is 154 Å². The van der Waals surface area contributed by atoms with E-state index in [1.54, 1.807) is 0 Å². The lowest BCUT2D eigenvalue weighted by Crippen LogP contribution is -2.37. The van der Waals surface area contributed by atoms with Crippen molar-refractivity contribution in [2.75, 3.05) is 13.2 Å². The average Bonchev–Trinajstić information content (AvgIpc) is 2.89. The van der Waals surface area contributed by atoms with E-state index >= 15 is 0 Å². The van der Waals surface area contributed by atoms with Gasteiger partial charge in [-0.2, -0.15) is 0 Å². The fourth-order valence-electron chi connectivity index (χ4n) is 4.95. The Bertz CT molecular complexity index is 428. The van der Waals surface area contributed by atoms with Gasteiger partial charge in [0, 0.05) is 13.2 Å². The molecule has 0 aliphatic carbocycles. The fraction of sp³-hybridized carbons (Fsp3) is 0.939. The number of rotatable bonds is 31. The normalized spacial score (nSPS) is 13.2. The van der Waals surface area contributed by atoms with Crippen LogP contribution in [0.2, 0.25) is 6.55 Å². The molecule has 0 aromatic rings. The van der Waals surface area contributed by atoms with Crippen LogP contribution in [0.5, 0.6) is 0 Å². The molecule has 36 heavy (non-hydrogen) atoms. The molecule has 0 bridgehead atoms. The van der Waals surface area contributed by atoms with Crippen molar-refractivity contribution in [1.82, 2.24) is 0 Å². The molecule has 0 aliphatic heterocycles. The SMILES string of the molecule is C=C[Si](C)(OCCCCCCCCCCCCCC)OCCCCCCCCCCCCCCCC. The molecule has 1 atom stereocenters. The summed E-state index contributed by atoms with van der Waals surface area (Å²) in [5.41, 5.74) is 1.97. The number of hydrogen-bond donors (Lipinski definition) is 0. The Balaban J connectivity index is 3.41. The highest BCUT2D eigenvalue weighted by Crippen LogP contribution is 2.16. The van der Waals surface area contributed by atoms with Crippen LogP contribution >= 0.6 is 0 Å². The zero-order valence-electron chi connectivity index (χ0n) is 25.4.